The predicted octanol–water partition coefficient (Wildman–Crippen LogP) is 5.25. The van der Waals surface area contributed by atoms with Gasteiger partial charge in [-0.1, -0.05) is 23.9 Å². The van der Waals surface area contributed by atoms with Crippen molar-refractivity contribution in [1.82, 2.24) is 15.0 Å². The van der Waals surface area contributed by atoms with Crippen molar-refractivity contribution in [2.75, 3.05) is 32.2 Å². The summed E-state index contributed by atoms with van der Waals surface area (Å²) < 4.78 is 45.7. The molecule has 0 aliphatic heterocycles. The van der Waals surface area contributed by atoms with Gasteiger partial charge in [0, 0.05) is 22.6 Å². The number of alkyl halides is 3. The number of aromatic nitrogens is 3. The molecule has 0 aliphatic rings. The number of pyridine rings is 1. The van der Waals surface area contributed by atoms with Crippen LogP contribution in [0.1, 0.15) is 11.3 Å². The number of rotatable bonds is 11. The van der Waals surface area contributed by atoms with Crippen LogP contribution in [0.25, 0.3) is 11.0 Å². The molecule has 0 bridgehead atoms. The van der Waals surface area contributed by atoms with Gasteiger partial charge >= 0.3 is 6.18 Å². The second-order valence-corrected chi connectivity index (χ2v) is 8.46. The molecule has 0 saturated carbocycles. The monoisotopic (exact) mass is 457 g/mol. The van der Waals surface area contributed by atoms with Crippen LogP contribution in [0.2, 0.25) is 0 Å². The quantitative estimate of drug-likeness (QED) is 0.314. The Morgan fingerprint density at radius 3 is 2.63 bits per heavy atom. The van der Waals surface area contributed by atoms with E-state index in [0.29, 0.717) is 18.1 Å². The lowest BCUT2D eigenvalue weighted by Gasteiger charge is -2.10. The fourth-order valence-electron chi connectivity index (χ4n) is 2.61. The first-order valence-corrected chi connectivity index (χ1v) is 11.3. The molecule has 0 fully saturated rings. The number of halogens is 3. The van der Waals surface area contributed by atoms with Crippen LogP contribution in [0.15, 0.2) is 46.6 Å². The van der Waals surface area contributed by atoms with Crippen molar-refractivity contribution in [3.63, 3.8) is 0 Å². The van der Waals surface area contributed by atoms with Gasteiger partial charge in [-0.3, -0.25) is 4.98 Å². The molecule has 30 heavy (non-hydrogen) atoms. The molecule has 162 valence electrons. The largest absolute Gasteiger partial charge is 0.411 e. The van der Waals surface area contributed by atoms with Crippen molar-refractivity contribution in [3.8, 4) is 0 Å². The molecule has 0 aliphatic carbocycles. The molecule has 2 heterocycles. The molecule has 0 amide bonds. The van der Waals surface area contributed by atoms with E-state index in [1.54, 1.807) is 29.7 Å². The van der Waals surface area contributed by atoms with Gasteiger partial charge in [0.1, 0.15) is 6.61 Å². The first-order valence-electron chi connectivity index (χ1n) is 9.29. The van der Waals surface area contributed by atoms with Gasteiger partial charge in [0.15, 0.2) is 5.16 Å². The number of nitrogens with zero attached hydrogens (tertiary/aromatic N) is 2. The summed E-state index contributed by atoms with van der Waals surface area (Å²) in [5.74, 6) is 1.40. The van der Waals surface area contributed by atoms with Crippen molar-refractivity contribution in [2.24, 2.45) is 0 Å². The third kappa shape index (κ3) is 7.19. The molecule has 3 aromatic rings. The summed E-state index contributed by atoms with van der Waals surface area (Å²) in [4.78, 5) is 13.5. The molecule has 3 rings (SSSR count). The minimum atomic E-state index is -4.30. The molecular formula is C20H22F3N3O2S2. The zero-order valence-electron chi connectivity index (χ0n) is 16.4. The first-order chi connectivity index (χ1) is 14.4. The van der Waals surface area contributed by atoms with Crippen LogP contribution < -0.4 is 0 Å². The normalized spacial score (nSPS) is 12.0. The Hall–Kier alpha value is -1.75. The van der Waals surface area contributed by atoms with Crippen molar-refractivity contribution in [1.29, 1.82) is 0 Å². The lowest BCUT2D eigenvalue weighted by molar-refractivity contribution is -0.176. The standard InChI is InChI=1S/C20H22F3N3O2S2/c1-14-17(12-30-19-25-15-4-2-3-5-16(15)26-19)24-7-6-18(14)29-11-10-27-8-9-28-13-20(21,22)23/h2-7H,8-13H2,1H3,(H,25,26). The van der Waals surface area contributed by atoms with E-state index in [1.165, 1.54) is 0 Å². The van der Waals surface area contributed by atoms with E-state index in [1.807, 2.05) is 37.3 Å². The minimum absolute atomic E-state index is 0.0678. The lowest BCUT2D eigenvalue weighted by atomic mass is 10.2. The van der Waals surface area contributed by atoms with Crippen LogP contribution in [0.5, 0.6) is 0 Å². The number of fused-ring (bicyclic) bond motifs is 1. The van der Waals surface area contributed by atoms with Gasteiger partial charge < -0.3 is 14.5 Å². The molecule has 1 aromatic carbocycles. The maximum Gasteiger partial charge on any atom is 0.411 e. The van der Waals surface area contributed by atoms with Crippen LogP contribution in [0, 0.1) is 6.92 Å². The van der Waals surface area contributed by atoms with Gasteiger partial charge in [-0.2, -0.15) is 13.2 Å². The first kappa shape index (κ1) is 22.9. The number of benzene rings is 1. The van der Waals surface area contributed by atoms with Crippen molar-refractivity contribution in [2.45, 2.75) is 28.9 Å². The third-order valence-corrected chi connectivity index (χ3v) is 6.10. The highest BCUT2D eigenvalue weighted by Crippen LogP contribution is 2.28. The second kappa shape index (κ2) is 11.0. The Labute approximate surface area is 181 Å². The Bertz CT molecular complexity index is 917. The average Bonchev–Trinajstić information content (AvgIpc) is 3.12. The zero-order valence-corrected chi connectivity index (χ0v) is 18.0. The molecule has 0 spiro atoms. The highest BCUT2D eigenvalue weighted by atomic mass is 32.2. The molecule has 0 unspecified atom stereocenters. The highest BCUT2D eigenvalue weighted by Gasteiger charge is 2.27. The van der Waals surface area contributed by atoms with Crippen LogP contribution >= 0.6 is 23.5 Å². The Balaban J connectivity index is 1.41. The number of imidazole rings is 1. The van der Waals surface area contributed by atoms with Crippen LogP contribution in [-0.4, -0.2) is 53.3 Å². The molecular weight excluding hydrogens is 435 g/mol. The van der Waals surface area contributed by atoms with Gasteiger partial charge in [-0.25, -0.2) is 4.98 Å². The Kier molecular flexibility index (Phi) is 8.43. The van der Waals surface area contributed by atoms with E-state index in [4.69, 9.17) is 4.74 Å². The van der Waals surface area contributed by atoms with E-state index < -0.39 is 12.8 Å². The van der Waals surface area contributed by atoms with Gasteiger partial charge in [0.25, 0.3) is 0 Å². The summed E-state index contributed by atoms with van der Waals surface area (Å²) >= 11 is 3.24. The lowest BCUT2D eigenvalue weighted by Crippen LogP contribution is -2.19. The van der Waals surface area contributed by atoms with Gasteiger partial charge in [0.2, 0.25) is 0 Å². The number of hydrogen-bond acceptors (Lipinski definition) is 6. The summed E-state index contributed by atoms with van der Waals surface area (Å²) in [6.07, 6.45) is -2.51. The molecule has 0 atom stereocenters. The molecule has 10 heteroatoms. The Morgan fingerprint density at radius 1 is 1.03 bits per heavy atom. The van der Waals surface area contributed by atoms with Gasteiger partial charge in [-0.15, -0.1) is 11.8 Å². The smallest absolute Gasteiger partial charge is 0.378 e. The van der Waals surface area contributed by atoms with E-state index in [2.05, 4.69) is 19.7 Å². The summed E-state index contributed by atoms with van der Waals surface area (Å²) in [5.41, 5.74) is 4.06. The number of hydrogen-bond donors (Lipinski definition) is 1. The number of H-pyrrole nitrogens is 1. The van der Waals surface area contributed by atoms with Crippen LogP contribution in [0.3, 0.4) is 0 Å². The number of para-hydroxylation sites is 2. The highest BCUT2D eigenvalue weighted by molar-refractivity contribution is 7.99. The Morgan fingerprint density at radius 2 is 1.83 bits per heavy atom. The number of nitrogens with one attached hydrogen (secondary N) is 1. The molecule has 0 radical (unpaired) electrons. The summed E-state index contributed by atoms with van der Waals surface area (Å²) in [6.45, 7) is 1.31. The SMILES string of the molecule is Cc1c(SCCOCCOCC(F)(F)F)ccnc1CSc1nc2ccccc2[nH]1. The zero-order chi connectivity index (χ0) is 21.4. The topological polar surface area (TPSA) is 60.0 Å². The summed E-state index contributed by atoms with van der Waals surface area (Å²) in [7, 11) is 0. The van der Waals surface area contributed by atoms with Crippen molar-refractivity contribution < 1.29 is 22.6 Å². The number of aromatic amines is 1. The van der Waals surface area contributed by atoms with Crippen molar-refractivity contribution in [3.05, 3.63) is 47.8 Å². The second-order valence-electron chi connectivity index (χ2n) is 6.36. The fraction of sp³-hybridized carbons (Fsp3) is 0.400. The van der Waals surface area contributed by atoms with E-state index >= 15 is 0 Å². The van der Waals surface area contributed by atoms with Gasteiger partial charge in [0.05, 0.1) is 36.5 Å². The van der Waals surface area contributed by atoms with E-state index in [-0.39, 0.29) is 13.2 Å². The third-order valence-electron chi connectivity index (χ3n) is 4.09. The minimum Gasteiger partial charge on any atom is -0.378 e. The summed E-state index contributed by atoms with van der Waals surface area (Å²) in [5, 5.41) is 0.858. The molecule has 5 nitrogen and oxygen atoms in total. The predicted molar refractivity (Wildman–Crippen MR) is 113 cm³/mol. The fourth-order valence-corrected chi connectivity index (χ4v) is 4.44. The maximum absolute atomic E-state index is 12.0. The molecule has 1 N–H and O–H groups in total. The van der Waals surface area contributed by atoms with Crippen LogP contribution in [0.4, 0.5) is 13.2 Å². The van der Waals surface area contributed by atoms with Crippen molar-refractivity contribution >= 4 is 34.6 Å². The number of ether oxygens (including phenoxy) is 2. The molecule has 0 saturated heterocycles. The van der Waals surface area contributed by atoms with Crippen LogP contribution in [-0.2, 0) is 15.2 Å². The van der Waals surface area contributed by atoms with E-state index in [9.17, 15) is 13.2 Å². The van der Waals surface area contributed by atoms with Gasteiger partial charge in [-0.05, 0) is 30.7 Å². The average molecular weight is 458 g/mol. The summed E-state index contributed by atoms with van der Waals surface area (Å²) in [6, 6.07) is 9.87. The maximum atomic E-state index is 12.0. The molecule has 2 aromatic heterocycles. The number of thioether (sulfide) groups is 2. The van der Waals surface area contributed by atoms with E-state index in [0.717, 1.165) is 32.3 Å².